The highest BCUT2D eigenvalue weighted by molar-refractivity contribution is 7.90. The third kappa shape index (κ3) is 5.81. The van der Waals surface area contributed by atoms with Gasteiger partial charge in [0.15, 0.2) is 15.6 Å². The highest BCUT2D eigenvalue weighted by Gasteiger charge is 2.54. The molecule has 1 aliphatic rings. The topological polar surface area (TPSA) is 92.8 Å². The lowest BCUT2D eigenvalue weighted by molar-refractivity contribution is -0.138. The second-order valence-corrected chi connectivity index (χ2v) is 12.5. The van der Waals surface area contributed by atoms with Crippen molar-refractivity contribution in [1.82, 2.24) is 10.2 Å². The Kier molecular flexibility index (Phi) is 8.48. The zero-order valence-corrected chi connectivity index (χ0v) is 24.4. The summed E-state index contributed by atoms with van der Waals surface area (Å²) in [4.78, 5) is 29.3. The minimum Gasteiger partial charge on any atom is -0.496 e. The van der Waals surface area contributed by atoms with E-state index in [9.17, 15) is 31.2 Å². The molecule has 2 atom stereocenters. The van der Waals surface area contributed by atoms with Gasteiger partial charge < -0.3 is 15.0 Å². The fraction of sp³-hybridized carbons (Fsp3) is 0.286. The van der Waals surface area contributed by atoms with Gasteiger partial charge >= 0.3 is 6.18 Å². The largest absolute Gasteiger partial charge is 0.496 e. The first-order valence-corrected chi connectivity index (χ1v) is 14.8. The molecule has 0 bridgehead atoms. The van der Waals surface area contributed by atoms with Gasteiger partial charge in [-0.1, -0.05) is 41.4 Å². The minimum atomic E-state index is -4.81. The molecule has 1 N–H and O–H groups in total. The van der Waals surface area contributed by atoms with Crippen LogP contribution in [-0.4, -0.2) is 64.0 Å². The van der Waals surface area contributed by atoms with Crippen LogP contribution in [0.5, 0.6) is 5.75 Å². The Morgan fingerprint density at radius 1 is 1.02 bits per heavy atom. The van der Waals surface area contributed by atoms with Crippen LogP contribution in [-0.2, 0) is 16.0 Å². The zero-order chi connectivity index (χ0) is 30.3. The van der Waals surface area contributed by atoms with Gasteiger partial charge in [0, 0.05) is 43.4 Å². The van der Waals surface area contributed by atoms with Crippen molar-refractivity contribution < 1.29 is 35.9 Å². The van der Waals surface area contributed by atoms with Gasteiger partial charge in [0.05, 0.1) is 27.6 Å². The molecule has 1 amide bonds. The van der Waals surface area contributed by atoms with E-state index >= 15 is 0 Å². The molecule has 0 spiro atoms. The summed E-state index contributed by atoms with van der Waals surface area (Å²) in [6.45, 7) is 0.119. The molecule has 0 unspecified atom stereocenters. The van der Waals surface area contributed by atoms with Gasteiger partial charge in [0.2, 0.25) is 0 Å². The third-order valence-electron chi connectivity index (χ3n) is 7.24. The summed E-state index contributed by atoms with van der Waals surface area (Å²) in [7, 11) is -1.27. The van der Waals surface area contributed by atoms with Crippen molar-refractivity contribution in [2.45, 2.75) is 22.5 Å². The number of likely N-dealkylation sites (N-methyl/N-ethyl adjacent to an activating group) is 1. The molecular formula is C28H25Cl2F3N2O5S. The summed E-state index contributed by atoms with van der Waals surface area (Å²) < 4.78 is 70.6. The number of nitrogens with one attached hydrogen (secondary N) is 1. The number of carbonyl (C=O) groups is 2. The molecule has 3 aromatic carbocycles. The Labute approximate surface area is 245 Å². The standard InChI is InChI=1S/C28H25Cl2F3N2O5S/c1-35(26(37)18-8-10-24(40-2)20(12-18)28(31,32)33)27(25(36)17-5-4-6-19(11-17)41(3,38)39)15-34-14-21(27)16-7-9-22(29)23(30)13-16/h4-13,21,34H,14-15H2,1-3H3/t21-,27+/m0/s1. The number of halogens is 5. The van der Waals surface area contributed by atoms with Gasteiger partial charge in [0.1, 0.15) is 11.3 Å². The van der Waals surface area contributed by atoms with Crippen molar-refractivity contribution in [3.05, 3.63) is 93.0 Å². The highest BCUT2D eigenvalue weighted by atomic mass is 35.5. The number of sulfone groups is 1. The molecule has 0 aliphatic carbocycles. The van der Waals surface area contributed by atoms with Gasteiger partial charge in [0.25, 0.3) is 5.91 Å². The highest BCUT2D eigenvalue weighted by Crippen LogP contribution is 2.42. The maximum atomic E-state index is 14.4. The Bertz CT molecular complexity index is 1630. The van der Waals surface area contributed by atoms with Crippen molar-refractivity contribution >= 4 is 44.7 Å². The Hall–Kier alpha value is -3.12. The molecule has 1 heterocycles. The van der Waals surface area contributed by atoms with Crippen LogP contribution in [0.3, 0.4) is 0 Å². The fourth-order valence-electron chi connectivity index (χ4n) is 5.12. The van der Waals surface area contributed by atoms with E-state index in [-0.39, 0.29) is 39.2 Å². The molecule has 1 saturated heterocycles. The summed E-state index contributed by atoms with van der Waals surface area (Å²) in [5.41, 5.74) is -2.61. The predicted octanol–water partition coefficient (Wildman–Crippen LogP) is 5.51. The van der Waals surface area contributed by atoms with E-state index in [0.717, 1.165) is 24.3 Å². The Balaban J connectivity index is 1.90. The van der Waals surface area contributed by atoms with Crippen molar-refractivity contribution in [2.24, 2.45) is 0 Å². The molecule has 1 fully saturated rings. The summed E-state index contributed by atoms with van der Waals surface area (Å²) in [6, 6.07) is 13.0. The molecule has 0 radical (unpaired) electrons. The molecule has 7 nitrogen and oxygen atoms in total. The minimum absolute atomic E-state index is 0.00652. The van der Waals surface area contributed by atoms with E-state index in [4.69, 9.17) is 27.9 Å². The average Bonchev–Trinajstić information content (AvgIpc) is 3.38. The first-order chi connectivity index (χ1) is 19.1. The van der Waals surface area contributed by atoms with E-state index in [1.807, 2.05) is 0 Å². The number of hydrogen-bond donors (Lipinski definition) is 1. The average molecular weight is 629 g/mol. The van der Waals surface area contributed by atoms with Gasteiger partial charge in [-0.2, -0.15) is 13.2 Å². The normalized spacial score (nSPS) is 19.2. The number of methoxy groups -OCH3 is 1. The Morgan fingerprint density at radius 2 is 1.73 bits per heavy atom. The van der Waals surface area contributed by atoms with E-state index < -0.39 is 50.5 Å². The lowest BCUT2D eigenvalue weighted by Crippen LogP contribution is -2.59. The van der Waals surface area contributed by atoms with Crippen molar-refractivity contribution in [1.29, 1.82) is 0 Å². The summed E-state index contributed by atoms with van der Waals surface area (Å²) in [5.74, 6) is -2.67. The molecular weight excluding hydrogens is 604 g/mol. The number of carbonyl (C=O) groups excluding carboxylic acids is 2. The van der Waals surface area contributed by atoms with E-state index in [0.29, 0.717) is 11.6 Å². The number of rotatable bonds is 7. The molecule has 0 saturated carbocycles. The molecule has 0 aromatic heterocycles. The zero-order valence-electron chi connectivity index (χ0n) is 22.1. The predicted molar refractivity (Wildman–Crippen MR) is 149 cm³/mol. The number of alkyl halides is 3. The van der Waals surface area contributed by atoms with Crippen molar-refractivity contribution in [3.63, 3.8) is 0 Å². The number of amides is 1. The molecule has 13 heteroatoms. The Morgan fingerprint density at radius 3 is 2.34 bits per heavy atom. The van der Waals surface area contributed by atoms with Crippen LogP contribution in [0.4, 0.5) is 13.2 Å². The van der Waals surface area contributed by atoms with Crippen molar-refractivity contribution in [2.75, 3.05) is 33.5 Å². The lowest BCUT2D eigenvalue weighted by atomic mass is 9.75. The fourth-order valence-corrected chi connectivity index (χ4v) is 6.09. The number of ether oxygens (including phenoxy) is 1. The summed E-state index contributed by atoms with van der Waals surface area (Å²) in [6.07, 6.45) is -3.81. The second-order valence-electron chi connectivity index (χ2n) is 9.69. The van der Waals surface area contributed by atoms with Crippen LogP contribution in [0.15, 0.2) is 65.6 Å². The molecule has 3 aromatic rings. The first-order valence-electron chi connectivity index (χ1n) is 12.1. The monoisotopic (exact) mass is 628 g/mol. The smallest absolute Gasteiger partial charge is 0.419 e. The maximum absolute atomic E-state index is 14.4. The first kappa shape index (κ1) is 30.8. The van der Waals surface area contributed by atoms with Crippen LogP contribution in [0.2, 0.25) is 10.0 Å². The van der Waals surface area contributed by atoms with Crippen molar-refractivity contribution in [3.8, 4) is 5.75 Å². The van der Waals surface area contributed by atoms with Gasteiger partial charge in [-0.25, -0.2) is 8.42 Å². The number of ketones is 1. The summed E-state index contributed by atoms with van der Waals surface area (Å²) in [5, 5.41) is 3.59. The number of hydrogen-bond acceptors (Lipinski definition) is 6. The number of Topliss-reactive ketones (excluding diaryl/α,β-unsaturated/α-hetero) is 1. The van der Waals surface area contributed by atoms with E-state index in [1.54, 1.807) is 12.1 Å². The lowest BCUT2D eigenvalue weighted by Gasteiger charge is -2.42. The van der Waals surface area contributed by atoms with Crippen LogP contribution in [0.1, 0.15) is 37.8 Å². The molecule has 218 valence electrons. The number of benzene rings is 3. The van der Waals surface area contributed by atoms with Crippen LogP contribution in [0, 0.1) is 0 Å². The summed E-state index contributed by atoms with van der Waals surface area (Å²) >= 11 is 12.4. The molecule has 4 rings (SSSR count). The molecule has 1 aliphatic heterocycles. The maximum Gasteiger partial charge on any atom is 0.419 e. The van der Waals surface area contributed by atoms with E-state index in [2.05, 4.69) is 5.32 Å². The van der Waals surface area contributed by atoms with E-state index in [1.165, 1.54) is 43.4 Å². The quantitative estimate of drug-likeness (QED) is 0.347. The molecule has 41 heavy (non-hydrogen) atoms. The van der Waals surface area contributed by atoms with Crippen LogP contribution in [0.25, 0.3) is 0 Å². The van der Waals surface area contributed by atoms with Gasteiger partial charge in [-0.3, -0.25) is 9.59 Å². The number of nitrogens with zero attached hydrogens (tertiary/aromatic N) is 1. The van der Waals surface area contributed by atoms with Gasteiger partial charge in [-0.05, 0) is 48.0 Å². The SMILES string of the molecule is COc1ccc(C(=O)N(C)[C@]2(C(=O)c3cccc(S(C)(=O)=O)c3)CNC[C@H]2c2ccc(Cl)c(Cl)c2)cc1C(F)(F)F. The van der Waals surface area contributed by atoms with Crippen LogP contribution >= 0.6 is 23.2 Å². The van der Waals surface area contributed by atoms with Gasteiger partial charge in [-0.15, -0.1) is 0 Å². The van der Waals surface area contributed by atoms with Crippen LogP contribution < -0.4 is 10.1 Å². The second kappa shape index (κ2) is 11.3. The third-order valence-corrected chi connectivity index (χ3v) is 9.09.